The number of hydrogen-bond donors (Lipinski definition) is 0. The van der Waals surface area contributed by atoms with Crippen molar-refractivity contribution < 1.29 is 13.2 Å². The molecule has 0 bridgehead atoms. The minimum atomic E-state index is -4.17. The van der Waals surface area contributed by atoms with E-state index < -0.39 is 11.7 Å². The third kappa shape index (κ3) is 5.50. The van der Waals surface area contributed by atoms with Gasteiger partial charge in [0.25, 0.3) is 0 Å². The van der Waals surface area contributed by atoms with E-state index in [0.717, 1.165) is 18.9 Å². The Morgan fingerprint density at radius 1 is 1.15 bits per heavy atom. The summed E-state index contributed by atoms with van der Waals surface area (Å²) >= 11 is 0. The van der Waals surface area contributed by atoms with Gasteiger partial charge in [0, 0.05) is 5.57 Å². The molecule has 0 aliphatic rings. The summed E-state index contributed by atoms with van der Waals surface area (Å²) in [6, 6.07) is 0. The molecule has 0 nitrogen and oxygen atoms in total. The maximum atomic E-state index is 12.0. The molecule has 0 fully saturated rings. The first kappa shape index (κ1) is 12.3. The molecule has 0 spiro atoms. The zero-order valence-corrected chi connectivity index (χ0v) is 8.20. The Morgan fingerprint density at radius 3 is 2.08 bits per heavy atom. The van der Waals surface area contributed by atoms with E-state index in [9.17, 15) is 13.2 Å². The largest absolute Gasteiger partial charge is 0.412 e. The minimum Gasteiger partial charge on any atom is -0.167 e. The Hall–Kier alpha value is -0.730. The first-order valence-corrected chi connectivity index (χ1v) is 4.27. The quantitative estimate of drug-likeness (QED) is 0.586. The van der Waals surface area contributed by atoms with Gasteiger partial charge in [0.2, 0.25) is 0 Å². The zero-order valence-electron chi connectivity index (χ0n) is 8.20. The summed E-state index contributed by atoms with van der Waals surface area (Å²) in [7, 11) is 0. The molecule has 0 saturated heterocycles. The van der Waals surface area contributed by atoms with Crippen LogP contribution in [0.1, 0.15) is 33.6 Å². The van der Waals surface area contributed by atoms with Crippen molar-refractivity contribution in [1.29, 1.82) is 0 Å². The number of halogens is 3. The number of hydrogen-bond acceptors (Lipinski definition) is 0. The summed E-state index contributed by atoms with van der Waals surface area (Å²) in [4.78, 5) is 0. The molecule has 0 aromatic rings. The van der Waals surface area contributed by atoms with Gasteiger partial charge in [-0.25, -0.2) is 0 Å². The van der Waals surface area contributed by atoms with E-state index in [2.05, 4.69) is 0 Å². The molecule has 13 heavy (non-hydrogen) atoms. The smallest absolute Gasteiger partial charge is 0.167 e. The van der Waals surface area contributed by atoms with Gasteiger partial charge < -0.3 is 0 Å². The molecule has 0 saturated carbocycles. The molecule has 0 heterocycles. The van der Waals surface area contributed by atoms with E-state index in [0.29, 0.717) is 6.42 Å². The highest BCUT2D eigenvalue weighted by atomic mass is 19.4. The van der Waals surface area contributed by atoms with E-state index in [-0.39, 0.29) is 0 Å². The molecular weight excluding hydrogens is 177 g/mol. The second kappa shape index (κ2) is 5.10. The lowest BCUT2D eigenvalue weighted by molar-refractivity contribution is -0.0915. The zero-order chi connectivity index (χ0) is 10.5. The Morgan fingerprint density at radius 2 is 1.69 bits per heavy atom. The van der Waals surface area contributed by atoms with Gasteiger partial charge in [-0.3, -0.25) is 0 Å². The molecule has 0 atom stereocenters. The Kier molecular flexibility index (Phi) is 4.81. The molecule has 3 heteroatoms. The van der Waals surface area contributed by atoms with Gasteiger partial charge in [0.1, 0.15) is 0 Å². The maximum Gasteiger partial charge on any atom is 0.412 e. The lowest BCUT2D eigenvalue weighted by Gasteiger charge is -2.05. The molecule has 0 radical (unpaired) electrons. The summed E-state index contributed by atoms with van der Waals surface area (Å²) in [6.07, 6.45) is 0.103. The van der Waals surface area contributed by atoms with Crippen molar-refractivity contribution in [2.45, 2.75) is 39.8 Å². The highest BCUT2D eigenvalue weighted by Crippen LogP contribution is 2.25. The van der Waals surface area contributed by atoms with E-state index in [1.165, 1.54) is 6.08 Å². The minimum absolute atomic E-state index is 0.366. The summed E-state index contributed by atoms with van der Waals surface area (Å²) < 4.78 is 35.9. The number of alkyl halides is 3. The van der Waals surface area contributed by atoms with Crippen LogP contribution in [0.25, 0.3) is 0 Å². The fraction of sp³-hybridized carbons (Fsp3) is 0.600. The topological polar surface area (TPSA) is 0 Å². The fourth-order valence-corrected chi connectivity index (χ4v) is 0.697. The average molecular weight is 192 g/mol. The molecule has 0 N–H and O–H groups in total. The van der Waals surface area contributed by atoms with Gasteiger partial charge in [-0.2, -0.15) is 13.2 Å². The van der Waals surface area contributed by atoms with Crippen LogP contribution in [0.3, 0.4) is 0 Å². The second-order valence-electron chi connectivity index (χ2n) is 3.02. The van der Waals surface area contributed by atoms with Crippen LogP contribution in [0.4, 0.5) is 13.2 Å². The SMILES string of the molecule is CC/C(C)=C/C/C=C(\C)C(F)(F)F. The van der Waals surface area contributed by atoms with Crippen molar-refractivity contribution >= 4 is 0 Å². The summed E-state index contributed by atoms with van der Waals surface area (Å²) in [5.74, 6) is 0. The highest BCUT2D eigenvalue weighted by molar-refractivity contribution is 5.09. The van der Waals surface area contributed by atoms with Crippen molar-refractivity contribution in [3.05, 3.63) is 23.3 Å². The Labute approximate surface area is 77.1 Å². The van der Waals surface area contributed by atoms with Gasteiger partial charge in [0.05, 0.1) is 0 Å². The highest BCUT2D eigenvalue weighted by Gasteiger charge is 2.29. The molecule has 0 aliphatic carbocycles. The van der Waals surface area contributed by atoms with E-state index >= 15 is 0 Å². The molecule has 0 unspecified atom stereocenters. The van der Waals surface area contributed by atoms with Crippen LogP contribution < -0.4 is 0 Å². The van der Waals surface area contributed by atoms with Gasteiger partial charge in [-0.05, 0) is 26.7 Å². The van der Waals surface area contributed by atoms with Crippen molar-refractivity contribution in [3.63, 3.8) is 0 Å². The third-order valence-electron chi connectivity index (χ3n) is 1.90. The van der Waals surface area contributed by atoms with Crippen molar-refractivity contribution in [2.24, 2.45) is 0 Å². The summed E-state index contributed by atoms with van der Waals surface area (Å²) in [5, 5.41) is 0. The Bertz CT molecular complexity index is 209. The van der Waals surface area contributed by atoms with Crippen LogP contribution in [0.2, 0.25) is 0 Å². The van der Waals surface area contributed by atoms with Crippen LogP contribution in [0.5, 0.6) is 0 Å². The van der Waals surface area contributed by atoms with Gasteiger partial charge >= 0.3 is 6.18 Å². The lowest BCUT2D eigenvalue weighted by Crippen LogP contribution is -2.08. The molecule has 0 aromatic heterocycles. The lowest BCUT2D eigenvalue weighted by atomic mass is 10.1. The summed E-state index contributed by atoms with van der Waals surface area (Å²) in [6.45, 7) is 4.98. The van der Waals surface area contributed by atoms with Crippen molar-refractivity contribution in [3.8, 4) is 0 Å². The van der Waals surface area contributed by atoms with Crippen LogP contribution in [-0.4, -0.2) is 6.18 Å². The third-order valence-corrected chi connectivity index (χ3v) is 1.90. The molecule has 0 rings (SSSR count). The van der Waals surface area contributed by atoms with E-state index in [4.69, 9.17) is 0 Å². The second-order valence-corrected chi connectivity index (χ2v) is 3.02. The molecule has 0 aromatic carbocycles. The predicted molar refractivity (Wildman–Crippen MR) is 48.5 cm³/mol. The van der Waals surface area contributed by atoms with Gasteiger partial charge in [0.15, 0.2) is 0 Å². The normalized spacial score (nSPS) is 14.9. The first-order valence-electron chi connectivity index (χ1n) is 4.27. The molecule has 0 amide bonds. The van der Waals surface area contributed by atoms with Crippen LogP contribution in [0.15, 0.2) is 23.3 Å². The van der Waals surface area contributed by atoms with E-state index in [1.54, 1.807) is 0 Å². The van der Waals surface area contributed by atoms with Crippen LogP contribution in [0, 0.1) is 0 Å². The predicted octanol–water partition coefficient (Wildman–Crippen LogP) is 4.24. The Balaban J connectivity index is 4.14. The van der Waals surface area contributed by atoms with Crippen LogP contribution >= 0.6 is 0 Å². The maximum absolute atomic E-state index is 12.0. The van der Waals surface area contributed by atoms with Gasteiger partial charge in [-0.15, -0.1) is 0 Å². The van der Waals surface area contributed by atoms with Gasteiger partial charge in [-0.1, -0.05) is 24.6 Å². The molecular formula is C10H15F3. The number of rotatable bonds is 3. The summed E-state index contributed by atoms with van der Waals surface area (Å²) in [5.41, 5.74) is 0.596. The standard InChI is InChI=1S/C10H15F3/c1-4-8(2)6-5-7-9(3)10(11,12)13/h6-7H,4-5H2,1-3H3/b8-6+,9-7+. The van der Waals surface area contributed by atoms with Crippen LogP contribution in [-0.2, 0) is 0 Å². The monoisotopic (exact) mass is 192 g/mol. The van der Waals surface area contributed by atoms with Crippen molar-refractivity contribution in [2.75, 3.05) is 0 Å². The fourth-order valence-electron chi connectivity index (χ4n) is 0.697. The molecule has 76 valence electrons. The number of allylic oxidation sites excluding steroid dienone is 4. The first-order chi connectivity index (χ1) is 5.88. The van der Waals surface area contributed by atoms with Crippen molar-refractivity contribution in [1.82, 2.24) is 0 Å². The average Bonchev–Trinajstić information content (AvgIpc) is 2.02. The van der Waals surface area contributed by atoms with E-state index in [1.807, 2.05) is 19.9 Å². The molecule has 0 aliphatic heterocycles.